The summed E-state index contributed by atoms with van der Waals surface area (Å²) in [5.41, 5.74) is -1.41. The van der Waals surface area contributed by atoms with Crippen LogP contribution in [0.5, 0.6) is 0 Å². The van der Waals surface area contributed by atoms with E-state index in [0.717, 1.165) is 102 Å². The van der Waals surface area contributed by atoms with E-state index >= 15 is 13.2 Å². The van der Waals surface area contributed by atoms with Crippen molar-refractivity contribution in [3.63, 3.8) is 0 Å². The molecule has 0 saturated carbocycles. The van der Waals surface area contributed by atoms with Crippen LogP contribution >= 0.6 is 10.7 Å². The van der Waals surface area contributed by atoms with Crippen LogP contribution in [-0.2, 0) is 59.3 Å². The smallest absolute Gasteiger partial charge is 0.269 e. The number of aryl methyl sites for hydroxylation is 3. The van der Waals surface area contributed by atoms with Gasteiger partial charge in [0.1, 0.15) is 17.5 Å². The van der Waals surface area contributed by atoms with Crippen LogP contribution in [0.2, 0.25) is 0 Å². The Kier molecular flexibility index (Phi) is 26.2. The molecule has 9 heterocycles. The number of fused-ring (bicyclic) bond motifs is 3. The van der Waals surface area contributed by atoms with Crippen molar-refractivity contribution in [3.05, 3.63) is 232 Å². The van der Waals surface area contributed by atoms with E-state index in [1.807, 2.05) is 0 Å². The first kappa shape index (κ1) is 91.8. The largest absolute Gasteiger partial charge is 0.363 e. The molecule has 12 aromatic rings. The predicted molar refractivity (Wildman–Crippen MR) is 448 cm³/mol. The fraction of sp³-hybridized carbons (Fsp3) is 0.278. The van der Waals surface area contributed by atoms with Crippen LogP contribution in [0.3, 0.4) is 0 Å². The quantitative estimate of drug-likeness (QED) is 0.0182. The van der Waals surface area contributed by atoms with E-state index in [1.165, 1.54) is 43.4 Å². The van der Waals surface area contributed by atoms with Crippen LogP contribution in [-0.4, -0.2) is 139 Å². The summed E-state index contributed by atoms with van der Waals surface area (Å²) in [5.74, 6) is -8.10. The first-order valence-electron chi connectivity index (χ1n) is 35.9. The van der Waals surface area contributed by atoms with E-state index in [9.17, 15) is 68.2 Å². The van der Waals surface area contributed by atoms with Crippen molar-refractivity contribution in [2.24, 2.45) is 16.2 Å². The fourth-order valence-electron chi connectivity index (χ4n) is 12.1. The summed E-state index contributed by atoms with van der Waals surface area (Å²) in [5, 5.41) is 8.34. The molecule has 121 heavy (non-hydrogen) atoms. The number of hydrogen-bond acceptors (Lipinski definition) is 21. The van der Waals surface area contributed by atoms with Gasteiger partial charge in [-0.05, 0) is 117 Å². The molecule has 0 aliphatic carbocycles. The third-order valence-corrected chi connectivity index (χ3v) is 27.2. The van der Waals surface area contributed by atoms with Crippen molar-refractivity contribution < 1.29 is 81.4 Å². The Morgan fingerprint density at radius 3 is 0.909 bits per heavy atom. The number of aromatic nitrogens is 9. The molecule has 0 fully saturated rings. The molecule has 0 bridgehead atoms. The van der Waals surface area contributed by atoms with Crippen molar-refractivity contribution in [2.75, 3.05) is 40.3 Å². The number of sulfonamides is 1. The number of pyridine rings is 6. The summed E-state index contributed by atoms with van der Waals surface area (Å²) < 4.78 is 256. The molecule has 12 rings (SSSR count). The van der Waals surface area contributed by atoms with Gasteiger partial charge in [0, 0.05) is 80.2 Å². The minimum atomic E-state index is -4.47. The second-order valence-corrected chi connectivity index (χ2v) is 42.8. The van der Waals surface area contributed by atoms with Crippen molar-refractivity contribution in [3.8, 4) is 33.8 Å². The molecule has 3 atom stereocenters. The molecule has 3 aromatic carbocycles. The molecule has 0 aliphatic heterocycles. The summed E-state index contributed by atoms with van der Waals surface area (Å²) in [6, 6.07) is 21.3. The Bertz CT molecular complexity index is 6690. The summed E-state index contributed by atoms with van der Waals surface area (Å²) in [7, 11) is -18.1. The van der Waals surface area contributed by atoms with Crippen LogP contribution in [0.15, 0.2) is 161 Å². The molecule has 0 saturated heterocycles. The fourth-order valence-corrected chi connectivity index (χ4v) is 19.6. The van der Waals surface area contributed by atoms with Gasteiger partial charge in [-0.25, -0.2) is 130 Å². The van der Waals surface area contributed by atoms with Crippen LogP contribution in [0.4, 0.5) is 60.9 Å². The van der Waals surface area contributed by atoms with Gasteiger partial charge in [-0.2, -0.15) is 8.42 Å². The average molecular weight is 1800 g/mol. The summed E-state index contributed by atoms with van der Waals surface area (Å²) >= 11 is 0. The van der Waals surface area contributed by atoms with Crippen molar-refractivity contribution in [2.45, 2.75) is 116 Å². The van der Waals surface area contributed by atoms with Gasteiger partial charge < -0.3 is 16.0 Å². The number of anilines is 3. The first-order chi connectivity index (χ1) is 56.1. The molecule has 0 radical (unpaired) electrons. The number of nitrogens with one attached hydrogen (secondary N) is 4. The Morgan fingerprint density at radius 2 is 0.678 bits per heavy atom. The molecule has 0 aliphatic rings. The Balaban J connectivity index is 0.000000190. The molecule has 0 spiro atoms. The highest BCUT2D eigenvalue weighted by atomic mass is 35.7. The van der Waals surface area contributed by atoms with E-state index in [1.54, 1.807) is 119 Å². The van der Waals surface area contributed by atoms with Crippen molar-refractivity contribution in [1.29, 1.82) is 0 Å². The van der Waals surface area contributed by atoms with Gasteiger partial charge in [0.25, 0.3) is 40.2 Å². The van der Waals surface area contributed by atoms with E-state index in [4.69, 9.17) is 30.4 Å². The molecule has 42 heteroatoms. The SMILES string of the molecule is [C-]#[N+]c1cc(F)c(N[C@H](CS(=O)(=O)Cl)C(C)(C)C)nc1-c1cn(S(=O)(=O)c2ccc(C)cc2)c2ncc(F)cc12.[C-]#[N+]c1cc(F)c(N[C@H](CS(=O)(=O)NC)C(C)(C)C)nc1-c1cn(S(=O)(=O)c2ccc(C)cc2)c2ncc(F)cc12.[C-]#[N+]c1cc(F)c(N[C@H](CS(=O)(=O)O)C(C)(C)C)nc1-c1cn(S(=O)(=O)c2ccc(C)cc2)c2ncc(F)cc12. The maximum Gasteiger partial charge on any atom is 0.269 e. The summed E-state index contributed by atoms with van der Waals surface area (Å²) in [6.45, 7) is 43.6. The average Bonchev–Trinajstić information content (AvgIpc) is 1.60. The van der Waals surface area contributed by atoms with Gasteiger partial charge >= 0.3 is 0 Å². The van der Waals surface area contributed by atoms with Gasteiger partial charge in [0.15, 0.2) is 51.8 Å². The van der Waals surface area contributed by atoms with Crippen molar-refractivity contribution >= 4 is 138 Å². The van der Waals surface area contributed by atoms with Gasteiger partial charge in [-0.15, -0.1) is 0 Å². The third kappa shape index (κ3) is 20.8. The van der Waals surface area contributed by atoms with E-state index in [0.29, 0.717) is 0 Å². The first-order valence-corrected chi connectivity index (χ1v) is 46.0. The second-order valence-electron chi connectivity index (χ2n) is 31.1. The number of rotatable bonds is 22. The lowest BCUT2D eigenvalue weighted by Gasteiger charge is -2.31. The lowest BCUT2D eigenvalue weighted by molar-refractivity contribution is 0.351. The zero-order valence-electron chi connectivity index (χ0n) is 66.5. The van der Waals surface area contributed by atoms with Gasteiger partial charge in [-0.1, -0.05) is 115 Å². The molecule has 636 valence electrons. The molecule has 0 amide bonds. The van der Waals surface area contributed by atoms with Crippen molar-refractivity contribution in [1.82, 2.24) is 46.5 Å². The van der Waals surface area contributed by atoms with Crippen LogP contribution < -0.4 is 20.7 Å². The number of nitrogens with zero attached hydrogens (tertiary/aromatic N) is 12. The Morgan fingerprint density at radius 1 is 0.421 bits per heavy atom. The van der Waals surface area contributed by atoms with Crippen LogP contribution in [0.25, 0.3) is 81.4 Å². The molecular weight excluding hydrogens is 1720 g/mol. The number of hydrogen-bond donors (Lipinski definition) is 5. The highest BCUT2D eigenvalue weighted by molar-refractivity contribution is 8.13. The molecule has 5 N–H and O–H groups in total. The lowest BCUT2D eigenvalue weighted by Crippen LogP contribution is -2.43. The Hall–Kier alpha value is -11.5. The third-order valence-electron chi connectivity index (χ3n) is 19.0. The van der Waals surface area contributed by atoms with E-state index < -0.39 is 157 Å². The predicted octanol–water partition coefficient (Wildman–Crippen LogP) is 15.9. The topological polar surface area (TPSA) is 378 Å². The Labute approximate surface area is 699 Å². The maximum atomic E-state index is 15.2. The number of halogens is 7. The van der Waals surface area contributed by atoms with Gasteiger partial charge in [-0.3, -0.25) is 4.55 Å². The molecular formula is C79H77ClF6N16O13S6. The summed E-state index contributed by atoms with van der Waals surface area (Å²) in [4.78, 5) is 34.6. The van der Waals surface area contributed by atoms with E-state index in [-0.39, 0.29) is 104 Å². The standard InChI is InChI=1S/C27H28F2N6O4S2.C26H24ClF2N5O4S2.C26H25F2N5O5S2/c1-16-7-9-18(10-8-16)41(38,39)35-14-20(19-11-17(28)13-32-26(19)35)24-22(30-5)12-21(29)25(34-24)33-23(27(2,3)4)15-40(36,37)31-6;1-15-6-8-17(9-7-15)40(37,38)34-13-19(18-10-16(28)12-31-25(18)34)23-21(30-5)11-20(29)24(33-23)32-22(26(2,3)4)14-39(27,35)36;1-15-6-8-17(9-7-15)40(37,38)33-13-19(18-10-16(27)12-30-25(18)33)23-21(29-5)11-20(28)24(32-23)31-22(26(2,3)4)14-39(34,35)36/h7-14,23,31H,15H2,1-4,6H3,(H,33,34);6-13,22H,14H2,1-4H3,(H,32,33);6-13,22H,14H2,1-4H3,(H,31,32)(H,34,35,36)/t23-;2*22-/m111/s1. The van der Waals surface area contributed by atoms with Crippen LogP contribution in [0.1, 0.15) is 79.0 Å². The maximum absolute atomic E-state index is 15.2. The minimum Gasteiger partial charge on any atom is -0.363 e. The highest BCUT2D eigenvalue weighted by Crippen LogP contribution is 2.44. The summed E-state index contributed by atoms with van der Waals surface area (Å²) in [6.07, 6.45) is 6.01. The second kappa shape index (κ2) is 34.6. The zero-order chi connectivity index (χ0) is 89.6. The highest BCUT2D eigenvalue weighted by Gasteiger charge is 2.37. The van der Waals surface area contributed by atoms with E-state index in [2.05, 4.69) is 65.1 Å². The van der Waals surface area contributed by atoms with Gasteiger partial charge in [0.05, 0.1) is 87.3 Å². The van der Waals surface area contributed by atoms with Gasteiger partial charge in [0.2, 0.25) is 36.1 Å². The number of benzene rings is 3. The minimum absolute atomic E-state index is 0.00371. The lowest BCUT2D eigenvalue weighted by atomic mass is 9.88. The monoisotopic (exact) mass is 1800 g/mol. The normalized spacial score (nSPS) is 13.2. The zero-order valence-corrected chi connectivity index (χ0v) is 72.2. The van der Waals surface area contributed by atoms with Crippen LogP contribution in [0, 0.1) is 91.6 Å². The molecule has 29 nitrogen and oxygen atoms in total. The molecule has 9 aromatic heterocycles. The molecule has 0 unspecified atom stereocenters.